The molecule has 9 heteroatoms. The number of rotatable bonds is 7. The number of aliphatic hydroxyl groups excluding tert-OH is 1. The van der Waals surface area contributed by atoms with Gasteiger partial charge in [-0.3, -0.25) is 9.36 Å². The van der Waals surface area contributed by atoms with Crippen molar-refractivity contribution in [3.05, 3.63) is 81.7 Å². The number of aromatic nitrogens is 5. The van der Waals surface area contributed by atoms with Crippen LogP contribution in [0, 0.1) is 20.8 Å². The van der Waals surface area contributed by atoms with E-state index in [-0.39, 0.29) is 12.1 Å². The van der Waals surface area contributed by atoms with Gasteiger partial charge in [-0.25, -0.2) is 4.98 Å². The zero-order valence-corrected chi connectivity index (χ0v) is 19.0. The zero-order chi connectivity index (χ0) is 22.7. The van der Waals surface area contributed by atoms with Crippen LogP contribution in [0.1, 0.15) is 22.5 Å². The van der Waals surface area contributed by atoms with Crippen molar-refractivity contribution in [3.63, 3.8) is 0 Å². The second-order valence-corrected chi connectivity index (χ2v) is 8.68. The van der Waals surface area contributed by atoms with Gasteiger partial charge in [0, 0.05) is 5.75 Å². The quantitative estimate of drug-likeness (QED) is 0.345. The summed E-state index contributed by atoms with van der Waals surface area (Å²) in [5.41, 5.74) is 3.81. The molecule has 0 radical (unpaired) electrons. The topological polar surface area (TPSA) is 98.2 Å². The van der Waals surface area contributed by atoms with Crippen LogP contribution in [0.25, 0.3) is 10.9 Å². The van der Waals surface area contributed by atoms with Crippen LogP contribution in [0.5, 0.6) is 0 Å². The van der Waals surface area contributed by atoms with Gasteiger partial charge in [-0.15, -0.1) is 10.2 Å². The van der Waals surface area contributed by atoms with Gasteiger partial charge in [0.15, 0.2) is 5.82 Å². The standard InChI is InChI=1S/C23H24N6O2S/c1-15-8-16(2)10-18(9-15)11-25-29-17(3)26-27-23(29)32-13-19(30)12-28-14-24-21-7-5-4-6-20(21)22(28)31/h4-11,14,19,30H,12-13H2,1-3H3. The van der Waals surface area contributed by atoms with E-state index >= 15 is 0 Å². The monoisotopic (exact) mass is 448 g/mol. The minimum atomic E-state index is -0.769. The van der Waals surface area contributed by atoms with Crippen LogP contribution in [0.3, 0.4) is 0 Å². The molecule has 1 unspecified atom stereocenters. The van der Waals surface area contributed by atoms with E-state index < -0.39 is 6.10 Å². The molecule has 1 atom stereocenters. The number of aliphatic hydroxyl groups is 1. The van der Waals surface area contributed by atoms with Crippen molar-refractivity contribution in [1.29, 1.82) is 0 Å². The molecule has 4 aromatic rings. The Morgan fingerprint density at radius 2 is 1.88 bits per heavy atom. The molecule has 4 rings (SSSR count). The van der Waals surface area contributed by atoms with Crippen molar-refractivity contribution in [2.75, 3.05) is 5.75 Å². The van der Waals surface area contributed by atoms with Gasteiger partial charge in [0.2, 0.25) is 5.16 Å². The van der Waals surface area contributed by atoms with Crippen LogP contribution < -0.4 is 5.56 Å². The number of thioether (sulfide) groups is 1. The van der Waals surface area contributed by atoms with Crippen molar-refractivity contribution in [1.82, 2.24) is 24.4 Å². The number of hydrogen-bond acceptors (Lipinski definition) is 7. The Morgan fingerprint density at radius 1 is 1.12 bits per heavy atom. The lowest BCUT2D eigenvalue weighted by molar-refractivity contribution is 0.176. The van der Waals surface area contributed by atoms with Crippen LogP contribution in [0.2, 0.25) is 0 Å². The van der Waals surface area contributed by atoms with E-state index in [0.29, 0.717) is 27.6 Å². The Morgan fingerprint density at radius 3 is 2.66 bits per heavy atom. The van der Waals surface area contributed by atoms with Gasteiger partial charge < -0.3 is 5.11 Å². The maximum absolute atomic E-state index is 12.6. The second kappa shape index (κ2) is 9.46. The molecule has 0 aliphatic rings. The summed E-state index contributed by atoms with van der Waals surface area (Å²) in [7, 11) is 0. The fourth-order valence-electron chi connectivity index (χ4n) is 3.46. The minimum Gasteiger partial charge on any atom is -0.390 e. The molecule has 0 saturated carbocycles. The zero-order valence-electron chi connectivity index (χ0n) is 18.1. The highest BCUT2D eigenvalue weighted by Gasteiger charge is 2.14. The van der Waals surface area contributed by atoms with Crippen LogP contribution in [-0.4, -0.2) is 47.6 Å². The first-order valence-electron chi connectivity index (χ1n) is 10.2. The van der Waals surface area contributed by atoms with Gasteiger partial charge in [-0.2, -0.15) is 9.78 Å². The van der Waals surface area contributed by atoms with Gasteiger partial charge in [-0.1, -0.05) is 53.2 Å². The largest absolute Gasteiger partial charge is 0.390 e. The first-order chi connectivity index (χ1) is 15.4. The summed E-state index contributed by atoms with van der Waals surface area (Å²) >= 11 is 1.34. The molecule has 0 saturated heterocycles. The Bertz CT molecular complexity index is 1320. The summed E-state index contributed by atoms with van der Waals surface area (Å²) in [6, 6.07) is 13.4. The van der Waals surface area contributed by atoms with Crippen LogP contribution >= 0.6 is 11.8 Å². The molecule has 32 heavy (non-hydrogen) atoms. The molecule has 0 spiro atoms. The SMILES string of the molecule is Cc1cc(C)cc(C=Nn2c(C)nnc2SCC(O)Cn2cnc3ccccc3c2=O)c1. The van der Waals surface area contributed by atoms with Crippen molar-refractivity contribution in [2.45, 2.75) is 38.6 Å². The van der Waals surface area contributed by atoms with Gasteiger partial charge in [0.05, 0.1) is 36.1 Å². The molecule has 2 aromatic carbocycles. The Kier molecular flexibility index (Phi) is 6.48. The van der Waals surface area contributed by atoms with E-state index in [1.165, 1.54) is 33.8 Å². The van der Waals surface area contributed by atoms with E-state index in [9.17, 15) is 9.90 Å². The lowest BCUT2D eigenvalue weighted by Gasteiger charge is -2.12. The van der Waals surface area contributed by atoms with Crippen molar-refractivity contribution < 1.29 is 5.11 Å². The molecular weight excluding hydrogens is 424 g/mol. The number of benzene rings is 2. The molecule has 1 N–H and O–H groups in total. The average molecular weight is 449 g/mol. The third-order valence-electron chi connectivity index (χ3n) is 4.88. The molecule has 0 amide bonds. The smallest absolute Gasteiger partial charge is 0.261 e. The number of hydrogen-bond donors (Lipinski definition) is 1. The van der Waals surface area contributed by atoms with Crippen molar-refractivity contribution in [3.8, 4) is 0 Å². The lowest BCUT2D eigenvalue weighted by Crippen LogP contribution is -2.28. The van der Waals surface area contributed by atoms with Crippen LogP contribution in [0.4, 0.5) is 0 Å². The Labute approximate surface area is 189 Å². The number of fused-ring (bicyclic) bond motifs is 1. The number of aryl methyl sites for hydroxylation is 3. The number of nitrogens with zero attached hydrogens (tertiary/aromatic N) is 6. The fourth-order valence-corrected chi connectivity index (χ4v) is 4.30. The second-order valence-electron chi connectivity index (χ2n) is 7.69. The highest BCUT2D eigenvalue weighted by atomic mass is 32.2. The molecule has 0 bridgehead atoms. The average Bonchev–Trinajstić information content (AvgIpc) is 3.11. The summed E-state index contributed by atoms with van der Waals surface area (Å²) in [5.74, 6) is 0.980. The molecule has 164 valence electrons. The van der Waals surface area contributed by atoms with E-state index in [4.69, 9.17) is 0 Å². The van der Waals surface area contributed by atoms with Crippen LogP contribution in [-0.2, 0) is 6.54 Å². The third kappa shape index (κ3) is 4.95. The third-order valence-corrected chi connectivity index (χ3v) is 5.94. The normalized spacial score (nSPS) is 12.6. The predicted octanol–water partition coefficient (Wildman–Crippen LogP) is 2.95. The summed E-state index contributed by atoms with van der Waals surface area (Å²) in [6.45, 7) is 6.07. The van der Waals surface area contributed by atoms with Crippen LogP contribution in [0.15, 0.2) is 63.8 Å². The first kappa shape index (κ1) is 21.9. The highest BCUT2D eigenvalue weighted by Crippen LogP contribution is 2.18. The van der Waals surface area contributed by atoms with Crippen molar-refractivity contribution in [2.24, 2.45) is 5.10 Å². The van der Waals surface area contributed by atoms with Crippen molar-refractivity contribution >= 4 is 28.9 Å². The maximum Gasteiger partial charge on any atom is 0.261 e. The molecular formula is C23H24N6O2S. The highest BCUT2D eigenvalue weighted by molar-refractivity contribution is 7.99. The Hall–Kier alpha value is -3.30. The molecule has 0 aliphatic carbocycles. The summed E-state index contributed by atoms with van der Waals surface area (Å²) < 4.78 is 3.08. The molecule has 2 aromatic heterocycles. The van der Waals surface area contributed by atoms with Gasteiger partial charge in [0.1, 0.15) is 0 Å². The minimum absolute atomic E-state index is 0.141. The van der Waals surface area contributed by atoms with E-state index in [2.05, 4.69) is 38.5 Å². The maximum atomic E-state index is 12.6. The van der Waals surface area contributed by atoms with Gasteiger partial charge >= 0.3 is 0 Å². The first-order valence-corrected chi connectivity index (χ1v) is 11.2. The molecule has 8 nitrogen and oxygen atoms in total. The molecule has 2 heterocycles. The Balaban J connectivity index is 1.45. The van der Waals surface area contributed by atoms with E-state index in [0.717, 1.165) is 5.56 Å². The molecule has 0 fully saturated rings. The number of para-hydroxylation sites is 1. The summed E-state index contributed by atoms with van der Waals surface area (Å²) in [4.78, 5) is 16.9. The summed E-state index contributed by atoms with van der Waals surface area (Å²) in [6.07, 6.45) is 2.48. The predicted molar refractivity (Wildman–Crippen MR) is 126 cm³/mol. The van der Waals surface area contributed by atoms with Gasteiger partial charge in [0.25, 0.3) is 5.56 Å². The lowest BCUT2D eigenvalue weighted by atomic mass is 10.1. The fraction of sp³-hybridized carbons (Fsp3) is 0.261. The van der Waals surface area contributed by atoms with Gasteiger partial charge in [-0.05, 0) is 38.5 Å². The summed E-state index contributed by atoms with van der Waals surface area (Å²) in [5, 5.41) is 24.4. The molecule has 0 aliphatic heterocycles. The van der Waals surface area contributed by atoms with E-state index in [1.54, 1.807) is 29.1 Å². The van der Waals surface area contributed by atoms with E-state index in [1.807, 2.05) is 26.8 Å².